The van der Waals surface area contributed by atoms with Crippen LogP contribution >= 0.6 is 23.2 Å². The second kappa shape index (κ2) is 7.10. The number of hydrogen-bond donors (Lipinski definition) is 1. The first-order valence-electron chi connectivity index (χ1n) is 5.38. The van der Waals surface area contributed by atoms with E-state index < -0.39 is 0 Å². The number of nitrogens with one attached hydrogen (secondary N) is 1. The Morgan fingerprint density at radius 1 is 1.07 bits per heavy atom. The first kappa shape index (κ1) is 12.8. The second-order valence-electron chi connectivity index (χ2n) is 3.59. The Morgan fingerprint density at radius 2 is 1.73 bits per heavy atom. The zero-order chi connectivity index (χ0) is 11.1. The molecule has 84 valence electrons. The molecule has 1 N–H and O–H groups in total. The van der Waals surface area contributed by atoms with Gasteiger partial charge in [-0.3, -0.25) is 0 Å². The number of hydrogen-bond acceptors (Lipinski definition) is 1. The summed E-state index contributed by atoms with van der Waals surface area (Å²) in [6, 6.07) is 5.74. The minimum Gasteiger partial charge on any atom is -0.317 e. The summed E-state index contributed by atoms with van der Waals surface area (Å²) >= 11 is 11.8. The van der Waals surface area contributed by atoms with Crippen LogP contribution in [0.5, 0.6) is 0 Å². The maximum absolute atomic E-state index is 5.92. The number of unbranched alkanes of at least 4 members (excludes halogenated alkanes) is 1. The molecule has 0 aliphatic carbocycles. The third-order valence-corrected chi connectivity index (χ3v) is 2.68. The molecule has 0 saturated heterocycles. The number of rotatable bonds is 6. The lowest BCUT2D eigenvalue weighted by Crippen LogP contribution is -2.13. The summed E-state index contributed by atoms with van der Waals surface area (Å²) in [5, 5.41) is 4.76. The van der Waals surface area contributed by atoms with Gasteiger partial charge in [-0.05, 0) is 56.1 Å². The van der Waals surface area contributed by atoms with Crippen molar-refractivity contribution in [2.75, 3.05) is 13.1 Å². The molecule has 0 saturated carbocycles. The van der Waals surface area contributed by atoms with Crippen molar-refractivity contribution in [3.63, 3.8) is 0 Å². The Morgan fingerprint density at radius 3 is 2.33 bits per heavy atom. The average Bonchev–Trinajstić information content (AvgIpc) is 2.16. The summed E-state index contributed by atoms with van der Waals surface area (Å²) in [6.07, 6.45) is 3.41. The van der Waals surface area contributed by atoms with Crippen LogP contribution in [0.4, 0.5) is 0 Å². The third-order valence-electron chi connectivity index (χ3n) is 2.24. The van der Waals surface area contributed by atoms with Crippen LogP contribution in [0, 0.1) is 0 Å². The lowest BCUT2D eigenvalue weighted by molar-refractivity contribution is 0.641. The van der Waals surface area contributed by atoms with Gasteiger partial charge in [0, 0.05) is 10.0 Å². The summed E-state index contributed by atoms with van der Waals surface area (Å²) in [5.74, 6) is 0. The molecule has 0 heterocycles. The fourth-order valence-corrected chi connectivity index (χ4v) is 2.08. The fraction of sp³-hybridized carbons (Fsp3) is 0.500. The van der Waals surface area contributed by atoms with E-state index in [4.69, 9.17) is 23.2 Å². The molecule has 0 fully saturated rings. The van der Waals surface area contributed by atoms with Crippen LogP contribution in [-0.2, 0) is 6.42 Å². The van der Waals surface area contributed by atoms with E-state index in [0.29, 0.717) is 0 Å². The number of benzene rings is 1. The van der Waals surface area contributed by atoms with Crippen molar-refractivity contribution in [1.82, 2.24) is 5.32 Å². The average molecular weight is 246 g/mol. The topological polar surface area (TPSA) is 12.0 Å². The Hall–Kier alpha value is -0.240. The van der Waals surface area contributed by atoms with Gasteiger partial charge in [-0.1, -0.05) is 30.1 Å². The molecule has 1 rings (SSSR count). The van der Waals surface area contributed by atoms with Gasteiger partial charge in [0.15, 0.2) is 0 Å². The highest BCUT2D eigenvalue weighted by molar-refractivity contribution is 6.34. The van der Waals surface area contributed by atoms with Gasteiger partial charge < -0.3 is 5.32 Å². The summed E-state index contributed by atoms with van der Waals surface area (Å²) in [7, 11) is 0. The molecule has 1 aromatic carbocycles. The largest absolute Gasteiger partial charge is 0.317 e. The van der Waals surface area contributed by atoms with E-state index in [0.717, 1.165) is 29.6 Å². The molecule has 0 aromatic heterocycles. The van der Waals surface area contributed by atoms with E-state index in [1.807, 2.05) is 12.1 Å². The van der Waals surface area contributed by atoms with E-state index in [2.05, 4.69) is 12.2 Å². The Bertz CT molecular complexity index is 279. The van der Waals surface area contributed by atoms with Crippen LogP contribution < -0.4 is 5.32 Å². The van der Waals surface area contributed by atoms with Crippen LogP contribution in [0.15, 0.2) is 18.2 Å². The fourth-order valence-electron chi connectivity index (χ4n) is 1.51. The van der Waals surface area contributed by atoms with Crippen molar-refractivity contribution in [1.29, 1.82) is 0 Å². The van der Waals surface area contributed by atoms with Crippen molar-refractivity contribution < 1.29 is 0 Å². The summed E-state index contributed by atoms with van der Waals surface area (Å²) < 4.78 is 0. The molecule has 1 nitrogen and oxygen atoms in total. The first-order chi connectivity index (χ1) is 7.22. The van der Waals surface area contributed by atoms with Gasteiger partial charge in [0.05, 0.1) is 0 Å². The minimum atomic E-state index is 0.726. The molecular formula is C12H17Cl2N. The molecule has 0 atom stereocenters. The molecule has 0 aliphatic heterocycles. The zero-order valence-electron chi connectivity index (χ0n) is 9.02. The Balaban J connectivity index is 2.31. The predicted molar refractivity (Wildman–Crippen MR) is 67.9 cm³/mol. The van der Waals surface area contributed by atoms with Crippen molar-refractivity contribution in [2.24, 2.45) is 0 Å². The van der Waals surface area contributed by atoms with Crippen molar-refractivity contribution >= 4 is 23.2 Å². The van der Waals surface area contributed by atoms with Crippen LogP contribution in [0.1, 0.15) is 25.3 Å². The minimum absolute atomic E-state index is 0.726. The predicted octanol–water partition coefficient (Wildman–Crippen LogP) is 3.93. The molecule has 3 heteroatoms. The summed E-state index contributed by atoms with van der Waals surface area (Å²) in [6.45, 7) is 4.25. The van der Waals surface area contributed by atoms with Gasteiger partial charge in [0.25, 0.3) is 0 Å². The highest BCUT2D eigenvalue weighted by atomic mass is 35.5. The first-order valence-corrected chi connectivity index (χ1v) is 6.13. The smallest absolute Gasteiger partial charge is 0.0423 e. The molecule has 0 amide bonds. The highest BCUT2D eigenvalue weighted by Gasteiger charge is 1.98. The van der Waals surface area contributed by atoms with E-state index in [1.54, 1.807) is 6.07 Å². The van der Waals surface area contributed by atoms with Crippen LogP contribution in [0.2, 0.25) is 10.0 Å². The van der Waals surface area contributed by atoms with Crippen molar-refractivity contribution in [3.8, 4) is 0 Å². The maximum Gasteiger partial charge on any atom is 0.0423 e. The SMILES string of the molecule is CCNCCCCc1cc(Cl)cc(Cl)c1. The van der Waals surface area contributed by atoms with E-state index in [9.17, 15) is 0 Å². The molecular weight excluding hydrogens is 229 g/mol. The van der Waals surface area contributed by atoms with Crippen LogP contribution in [-0.4, -0.2) is 13.1 Å². The van der Waals surface area contributed by atoms with Crippen LogP contribution in [0.25, 0.3) is 0 Å². The van der Waals surface area contributed by atoms with Gasteiger partial charge in [-0.2, -0.15) is 0 Å². The molecule has 0 aliphatic rings. The number of halogens is 2. The third kappa shape index (κ3) is 5.41. The van der Waals surface area contributed by atoms with E-state index in [-0.39, 0.29) is 0 Å². The Kier molecular flexibility index (Phi) is 6.07. The van der Waals surface area contributed by atoms with Crippen molar-refractivity contribution in [2.45, 2.75) is 26.2 Å². The monoisotopic (exact) mass is 245 g/mol. The van der Waals surface area contributed by atoms with Gasteiger partial charge in [-0.15, -0.1) is 0 Å². The number of aryl methyl sites for hydroxylation is 1. The van der Waals surface area contributed by atoms with Gasteiger partial charge in [0.1, 0.15) is 0 Å². The Labute approximate surface area is 102 Å². The summed E-state index contributed by atoms with van der Waals surface area (Å²) in [5.41, 5.74) is 1.23. The van der Waals surface area contributed by atoms with Gasteiger partial charge in [-0.25, -0.2) is 0 Å². The molecule has 0 spiro atoms. The van der Waals surface area contributed by atoms with Gasteiger partial charge >= 0.3 is 0 Å². The lowest BCUT2D eigenvalue weighted by atomic mass is 10.1. The molecule has 0 unspecified atom stereocenters. The van der Waals surface area contributed by atoms with E-state index >= 15 is 0 Å². The lowest BCUT2D eigenvalue weighted by Gasteiger charge is -2.04. The normalized spacial score (nSPS) is 10.6. The molecule has 0 bridgehead atoms. The zero-order valence-corrected chi connectivity index (χ0v) is 10.5. The maximum atomic E-state index is 5.92. The molecule has 15 heavy (non-hydrogen) atoms. The van der Waals surface area contributed by atoms with Crippen molar-refractivity contribution in [3.05, 3.63) is 33.8 Å². The molecule has 0 radical (unpaired) electrons. The van der Waals surface area contributed by atoms with Gasteiger partial charge in [0.2, 0.25) is 0 Å². The standard InChI is InChI=1S/C12H17Cl2N/c1-2-15-6-4-3-5-10-7-11(13)9-12(14)8-10/h7-9,15H,2-6H2,1H3. The summed E-state index contributed by atoms with van der Waals surface area (Å²) in [4.78, 5) is 0. The van der Waals surface area contributed by atoms with Crippen LogP contribution in [0.3, 0.4) is 0 Å². The highest BCUT2D eigenvalue weighted by Crippen LogP contribution is 2.20. The second-order valence-corrected chi connectivity index (χ2v) is 4.46. The van der Waals surface area contributed by atoms with E-state index in [1.165, 1.54) is 18.4 Å². The molecule has 1 aromatic rings. The quantitative estimate of drug-likeness (QED) is 0.750.